The Balaban J connectivity index is 1.61. The van der Waals surface area contributed by atoms with Crippen LogP contribution >= 0.6 is 11.8 Å². The second-order valence-electron chi connectivity index (χ2n) is 7.38. The van der Waals surface area contributed by atoms with E-state index >= 15 is 0 Å². The summed E-state index contributed by atoms with van der Waals surface area (Å²) < 4.78 is 7.41. The maximum absolute atomic E-state index is 13.2. The van der Waals surface area contributed by atoms with Crippen LogP contribution < -0.4 is 10.5 Å². The summed E-state index contributed by atoms with van der Waals surface area (Å²) in [6.07, 6.45) is 3.62. The van der Waals surface area contributed by atoms with Crippen LogP contribution in [0.2, 0.25) is 0 Å². The molecule has 0 aliphatic carbocycles. The number of benzene rings is 2. The molecule has 160 valence electrons. The molecule has 4 rings (SSSR count). The van der Waals surface area contributed by atoms with Crippen molar-refractivity contribution in [3.63, 3.8) is 0 Å². The molecule has 1 unspecified atom stereocenters. The van der Waals surface area contributed by atoms with Crippen LogP contribution in [0.15, 0.2) is 77.2 Å². The Morgan fingerprint density at radius 3 is 2.74 bits per heavy atom. The summed E-state index contributed by atoms with van der Waals surface area (Å²) in [4.78, 5) is 32.6. The van der Waals surface area contributed by atoms with Crippen LogP contribution in [0.1, 0.15) is 12.8 Å². The second kappa shape index (κ2) is 9.94. The number of aromatic nitrogens is 2. The predicted molar refractivity (Wildman–Crippen MR) is 125 cm³/mol. The minimum Gasteiger partial charge on any atom is -0.376 e. The molecule has 1 aliphatic heterocycles. The van der Waals surface area contributed by atoms with Crippen LogP contribution in [-0.2, 0) is 16.1 Å². The van der Waals surface area contributed by atoms with E-state index in [1.54, 1.807) is 21.6 Å². The standard InChI is InChI=1S/C24H25N3O3S/c1-2-14-26(18-9-4-3-5-10-18)22(28)17-31-24-25-21-13-7-6-12-20(21)23(29)27(24)16-19-11-8-15-30-19/h2-7,9-10,12-13,19H,1,8,11,14-17H2. The van der Waals surface area contributed by atoms with E-state index in [4.69, 9.17) is 9.72 Å². The van der Waals surface area contributed by atoms with Crippen LogP contribution in [0.25, 0.3) is 10.9 Å². The Bertz CT molecular complexity index is 1120. The Hall–Kier alpha value is -2.90. The molecule has 1 aliphatic rings. The van der Waals surface area contributed by atoms with Gasteiger partial charge < -0.3 is 9.64 Å². The van der Waals surface area contributed by atoms with Gasteiger partial charge in [0.2, 0.25) is 5.91 Å². The molecule has 0 radical (unpaired) electrons. The normalized spacial score (nSPS) is 15.8. The number of amides is 1. The van der Waals surface area contributed by atoms with E-state index in [2.05, 4.69) is 6.58 Å². The summed E-state index contributed by atoms with van der Waals surface area (Å²) >= 11 is 1.29. The quantitative estimate of drug-likeness (QED) is 0.305. The SMILES string of the molecule is C=CCN(C(=O)CSc1nc2ccccc2c(=O)n1CC1CCCO1)c1ccccc1. The van der Waals surface area contributed by atoms with Gasteiger partial charge in [0, 0.05) is 18.8 Å². The van der Waals surface area contributed by atoms with Crippen LogP contribution in [-0.4, -0.2) is 40.5 Å². The summed E-state index contributed by atoms with van der Waals surface area (Å²) in [5, 5.41) is 1.12. The molecule has 3 aromatic rings. The van der Waals surface area contributed by atoms with Crippen molar-refractivity contribution in [1.82, 2.24) is 9.55 Å². The lowest BCUT2D eigenvalue weighted by molar-refractivity contribution is -0.116. The fourth-order valence-corrected chi connectivity index (χ4v) is 4.59. The molecular weight excluding hydrogens is 410 g/mol. The highest BCUT2D eigenvalue weighted by molar-refractivity contribution is 7.99. The van der Waals surface area contributed by atoms with Gasteiger partial charge in [-0.1, -0.05) is 48.2 Å². The molecule has 1 saturated heterocycles. The molecule has 1 fully saturated rings. The second-order valence-corrected chi connectivity index (χ2v) is 8.32. The van der Waals surface area contributed by atoms with Crippen molar-refractivity contribution in [2.45, 2.75) is 30.6 Å². The summed E-state index contributed by atoms with van der Waals surface area (Å²) in [5.74, 6) is 0.0983. The molecular formula is C24H25N3O3S. The van der Waals surface area contributed by atoms with E-state index in [-0.39, 0.29) is 23.3 Å². The van der Waals surface area contributed by atoms with Gasteiger partial charge in [-0.2, -0.15) is 0 Å². The number of hydrogen-bond acceptors (Lipinski definition) is 5. The van der Waals surface area contributed by atoms with Crippen LogP contribution in [0.4, 0.5) is 5.69 Å². The smallest absolute Gasteiger partial charge is 0.262 e. The molecule has 0 bridgehead atoms. The average Bonchev–Trinajstić information content (AvgIpc) is 3.32. The molecule has 31 heavy (non-hydrogen) atoms. The molecule has 1 atom stereocenters. The molecule has 6 nitrogen and oxygen atoms in total. The summed E-state index contributed by atoms with van der Waals surface area (Å²) in [5.41, 5.74) is 1.36. The highest BCUT2D eigenvalue weighted by atomic mass is 32.2. The third kappa shape index (κ3) is 4.89. The summed E-state index contributed by atoms with van der Waals surface area (Å²) in [6.45, 7) is 5.35. The summed E-state index contributed by atoms with van der Waals surface area (Å²) in [7, 11) is 0. The monoisotopic (exact) mass is 435 g/mol. The number of hydrogen-bond donors (Lipinski definition) is 0. The first-order chi connectivity index (χ1) is 15.2. The van der Waals surface area contributed by atoms with E-state index in [0.717, 1.165) is 25.1 Å². The number of nitrogens with zero attached hydrogens (tertiary/aromatic N) is 3. The fourth-order valence-electron chi connectivity index (χ4n) is 3.70. The molecule has 0 spiro atoms. The molecule has 0 saturated carbocycles. The number of rotatable bonds is 8. The Kier molecular flexibility index (Phi) is 6.84. The van der Waals surface area contributed by atoms with Gasteiger partial charge in [-0.05, 0) is 37.1 Å². The maximum atomic E-state index is 13.2. The summed E-state index contributed by atoms with van der Waals surface area (Å²) in [6, 6.07) is 16.8. The minimum atomic E-state index is -0.0953. The zero-order chi connectivity index (χ0) is 21.6. The number of para-hydroxylation sites is 2. The fraction of sp³-hybridized carbons (Fsp3) is 0.292. The largest absolute Gasteiger partial charge is 0.376 e. The Morgan fingerprint density at radius 2 is 2.00 bits per heavy atom. The Labute approximate surface area is 185 Å². The van der Waals surface area contributed by atoms with E-state index < -0.39 is 0 Å². The molecule has 1 aromatic heterocycles. The molecule has 0 N–H and O–H groups in total. The topological polar surface area (TPSA) is 64.4 Å². The third-order valence-electron chi connectivity index (χ3n) is 5.24. The van der Waals surface area contributed by atoms with Crippen molar-refractivity contribution >= 4 is 34.3 Å². The number of fused-ring (bicyclic) bond motifs is 1. The van der Waals surface area contributed by atoms with Crippen molar-refractivity contribution in [2.24, 2.45) is 0 Å². The number of thioether (sulfide) groups is 1. The van der Waals surface area contributed by atoms with Gasteiger partial charge >= 0.3 is 0 Å². The highest BCUT2D eigenvalue weighted by Crippen LogP contribution is 2.22. The lowest BCUT2D eigenvalue weighted by Crippen LogP contribution is -2.33. The van der Waals surface area contributed by atoms with E-state index in [1.165, 1.54) is 11.8 Å². The number of ether oxygens (including phenoxy) is 1. The number of carbonyl (C=O) groups excluding carboxylic acids is 1. The van der Waals surface area contributed by atoms with E-state index in [0.29, 0.717) is 29.1 Å². The first-order valence-corrected chi connectivity index (χ1v) is 11.4. The zero-order valence-corrected chi connectivity index (χ0v) is 18.1. The Morgan fingerprint density at radius 1 is 1.23 bits per heavy atom. The van der Waals surface area contributed by atoms with Crippen LogP contribution in [0, 0.1) is 0 Å². The van der Waals surface area contributed by atoms with Gasteiger partial charge in [-0.25, -0.2) is 4.98 Å². The average molecular weight is 436 g/mol. The van der Waals surface area contributed by atoms with E-state index in [9.17, 15) is 9.59 Å². The minimum absolute atomic E-state index is 0.00250. The van der Waals surface area contributed by atoms with Gasteiger partial charge in [0.05, 0.1) is 29.3 Å². The third-order valence-corrected chi connectivity index (χ3v) is 6.20. The highest BCUT2D eigenvalue weighted by Gasteiger charge is 2.22. The predicted octanol–water partition coefficient (Wildman–Crippen LogP) is 3.89. The van der Waals surface area contributed by atoms with Crippen molar-refractivity contribution in [1.29, 1.82) is 0 Å². The van der Waals surface area contributed by atoms with Crippen LogP contribution in [0.3, 0.4) is 0 Å². The van der Waals surface area contributed by atoms with Crippen molar-refractivity contribution < 1.29 is 9.53 Å². The zero-order valence-electron chi connectivity index (χ0n) is 17.3. The first-order valence-electron chi connectivity index (χ1n) is 10.4. The molecule has 7 heteroatoms. The van der Waals surface area contributed by atoms with Gasteiger partial charge in [0.1, 0.15) is 0 Å². The lowest BCUT2D eigenvalue weighted by atomic mass is 10.2. The van der Waals surface area contributed by atoms with Crippen molar-refractivity contribution in [3.8, 4) is 0 Å². The van der Waals surface area contributed by atoms with E-state index in [1.807, 2.05) is 48.5 Å². The van der Waals surface area contributed by atoms with Crippen LogP contribution in [0.5, 0.6) is 0 Å². The number of carbonyl (C=O) groups is 1. The molecule has 2 heterocycles. The maximum Gasteiger partial charge on any atom is 0.262 e. The number of anilines is 1. The van der Waals surface area contributed by atoms with Crippen molar-refractivity contribution in [2.75, 3.05) is 23.8 Å². The molecule has 1 amide bonds. The lowest BCUT2D eigenvalue weighted by Gasteiger charge is -2.21. The van der Waals surface area contributed by atoms with Gasteiger partial charge in [0.25, 0.3) is 5.56 Å². The van der Waals surface area contributed by atoms with Gasteiger partial charge in [-0.15, -0.1) is 6.58 Å². The van der Waals surface area contributed by atoms with Gasteiger partial charge in [0.15, 0.2) is 5.16 Å². The van der Waals surface area contributed by atoms with Gasteiger partial charge in [-0.3, -0.25) is 14.2 Å². The first kappa shape index (κ1) is 21.3. The van der Waals surface area contributed by atoms with Crippen molar-refractivity contribution in [3.05, 3.63) is 77.6 Å². The molecule has 2 aromatic carbocycles.